The summed E-state index contributed by atoms with van der Waals surface area (Å²) >= 11 is 0. The molecule has 0 bridgehead atoms. The molecule has 0 spiro atoms. The quantitative estimate of drug-likeness (QED) is 0.777. The molecule has 1 aliphatic heterocycles. The topological polar surface area (TPSA) is 62.2 Å². The van der Waals surface area contributed by atoms with Crippen molar-refractivity contribution in [2.75, 3.05) is 40.3 Å². The Morgan fingerprint density at radius 2 is 1.83 bits per heavy atom. The van der Waals surface area contributed by atoms with Gasteiger partial charge in [0.2, 0.25) is 0 Å². The lowest BCUT2D eigenvalue weighted by Gasteiger charge is -2.42. The summed E-state index contributed by atoms with van der Waals surface area (Å²) in [5.74, 6) is 1.37. The van der Waals surface area contributed by atoms with Gasteiger partial charge >= 0.3 is 0 Å². The van der Waals surface area contributed by atoms with E-state index in [1.165, 1.54) is 0 Å². The Balaban J connectivity index is 1.58. The normalized spacial score (nSPS) is 21.8. The molecule has 1 heterocycles. The van der Waals surface area contributed by atoms with Crippen LogP contribution in [0.1, 0.15) is 23.7 Å². The molecule has 2 aromatic rings. The number of hydrogen-bond donors (Lipinski definition) is 1. The van der Waals surface area contributed by atoms with Crippen molar-refractivity contribution in [1.82, 2.24) is 9.80 Å². The van der Waals surface area contributed by atoms with Crippen molar-refractivity contribution in [3.8, 4) is 11.5 Å². The fraction of sp³-hybridized carbons (Fsp3) is 0.435. The molecule has 0 unspecified atom stereocenters. The number of β-amino-alcohol motifs (C(OH)–C–C–N with tert-alkyl or cyclic N) is 1. The van der Waals surface area contributed by atoms with Crippen LogP contribution in [0.2, 0.25) is 0 Å². The van der Waals surface area contributed by atoms with E-state index in [0.29, 0.717) is 25.1 Å². The van der Waals surface area contributed by atoms with Crippen LogP contribution >= 0.6 is 0 Å². The maximum atomic E-state index is 12.9. The molecule has 2 atom stereocenters. The van der Waals surface area contributed by atoms with E-state index in [1.807, 2.05) is 56.6 Å². The lowest BCUT2D eigenvalue weighted by atomic mass is 9.91. The third kappa shape index (κ3) is 5.71. The minimum atomic E-state index is -1.13. The number of amides is 1. The second kappa shape index (κ2) is 9.29. The van der Waals surface area contributed by atoms with Crippen molar-refractivity contribution in [3.05, 3.63) is 60.2 Å². The number of piperidine rings is 1. The predicted molar refractivity (Wildman–Crippen MR) is 112 cm³/mol. The summed E-state index contributed by atoms with van der Waals surface area (Å²) < 4.78 is 11.6. The molecule has 1 fully saturated rings. The molecule has 3 rings (SSSR count). The van der Waals surface area contributed by atoms with Gasteiger partial charge in [0.15, 0.2) is 0 Å². The molecule has 6 nitrogen and oxygen atoms in total. The zero-order valence-electron chi connectivity index (χ0n) is 17.4. The first-order chi connectivity index (χ1) is 13.8. The van der Waals surface area contributed by atoms with Gasteiger partial charge in [-0.15, -0.1) is 0 Å². The van der Waals surface area contributed by atoms with E-state index in [-0.39, 0.29) is 18.6 Å². The van der Waals surface area contributed by atoms with Gasteiger partial charge < -0.3 is 24.4 Å². The van der Waals surface area contributed by atoms with Crippen LogP contribution in [0.3, 0.4) is 0 Å². The molecule has 156 valence electrons. The summed E-state index contributed by atoms with van der Waals surface area (Å²) in [5.41, 5.74) is -0.540. The number of carbonyl (C=O) groups is 1. The second-order valence-electron chi connectivity index (χ2n) is 7.97. The van der Waals surface area contributed by atoms with Gasteiger partial charge in [0.05, 0.1) is 6.54 Å². The first kappa shape index (κ1) is 21.1. The Labute approximate surface area is 172 Å². The first-order valence-corrected chi connectivity index (χ1v) is 9.96. The third-order valence-electron chi connectivity index (χ3n) is 5.08. The minimum Gasteiger partial charge on any atom is -0.492 e. The summed E-state index contributed by atoms with van der Waals surface area (Å²) in [7, 11) is 3.99. The van der Waals surface area contributed by atoms with E-state index >= 15 is 0 Å². The summed E-state index contributed by atoms with van der Waals surface area (Å²) in [6, 6.07) is 16.6. The molecular formula is C23H30N2O4. The Morgan fingerprint density at radius 1 is 1.14 bits per heavy atom. The Hall–Kier alpha value is -2.57. The van der Waals surface area contributed by atoms with Crippen molar-refractivity contribution < 1.29 is 19.4 Å². The average molecular weight is 399 g/mol. The number of benzene rings is 2. The van der Waals surface area contributed by atoms with Crippen LogP contribution in [0.4, 0.5) is 0 Å². The van der Waals surface area contributed by atoms with Gasteiger partial charge in [0.25, 0.3) is 5.91 Å². The van der Waals surface area contributed by atoms with Gasteiger partial charge in [-0.1, -0.05) is 18.2 Å². The number of aliphatic hydroxyl groups is 1. The first-order valence-electron chi connectivity index (χ1n) is 9.96. The maximum absolute atomic E-state index is 12.9. The maximum Gasteiger partial charge on any atom is 0.253 e. The van der Waals surface area contributed by atoms with Crippen molar-refractivity contribution in [2.45, 2.75) is 25.0 Å². The Bertz CT molecular complexity index is 790. The summed E-state index contributed by atoms with van der Waals surface area (Å²) in [5, 5.41) is 10.9. The molecule has 0 aromatic heterocycles. The van der Waals surface area contributed by atoms with Crippen LogP contribution < -0.4 is 9.47 Å². The standard InChI is InChI=1S/C23H30N2O4/c1-23(27)17-25(14-13-21(23)29-20-7-5-4-6-8-20)22(26)18-9-11-19(12-10-18)28-16-15-24(2)3/h4-12,21,27H,13-17H2,1-3H3/t21-,23-/m0/s1. The van der Waals surface area contributed by atoms with Crippen molar-refractivity contribution in [2.24, 2.45) is 0 Å². The van der Waals surface area contributed by atoms with Crippen LogP contribution in [0.5, 0.6) is 11.5 Å². The summed E-state index contributed by atoms with van der Waals surface area (Å²) in [4.78, 5) is 16.6. The number of hydrogen-bond acceptors (Lipinski definition) is 5. The van der Waals surface area contributed by atoms with Crippen LogP contribution in [0.25, 0.3) is 0 Å². The fourth-order valence-electron chi connectivity index (χ4n) is 3.40. The highest BCUT2D eigenvalue weighted by Gasteiger charge is 2.41. The molecule has 0 saturated carbocycles. The molecule has 1 amide bonds. The fourth-order valence-corrected chi connectivity index (χ4v) is 3.40. The lowest BCUT2D eigenvalue weighted by molar-refractivity contribution is -0.0899. The minimum absolute atomic E-state index is 0.0942. The molecule has 0 aliphatic carbocycles. The van der Waals surface area contributed by atoms with Crippen molar-refractivity contribution in [1.29, 1.82) is 0 Å². The highest BCUT2D eigenvalue weighted by Crippen LogP contribution is 2.27. The molecule has 1 aliphatic rings. The monoisotopic (exact) mass is 398 g/mol. The molecule has 29 heavy (non-hydrogen) atoms. The van der Waals surface area contributed by atoms with Gasteiger partial charge in [0.1, 0.15) is 29.8 Å². The summed E-state index contributed by atoms with van der Waals surface area (Å²) in [6.07, 6.45) is 0.209. The van der Waals surface area contributed by atoms with Gasteiger partial charge in [-0.2, -0.15) is 0 Å². The number of nitrogens with zero attached hydrogens (tertiary/aromatic N) is 2. The van der Waals surface area contributed by atoms with Crippen LogP contribution in [-0.4, -0.2) is 72.9 Å². The van der Waals surface area contributed by atoms with Crippen LogP contribution in [0, 0.1) is 0 Å². The molecule has 1 saturated heterocycles. The highest BCUT2D eigenvalue weighted by atomic mass is 16.5. The van der Waals surface area contributed by atoms with Crippen molar-refractivity contribution in [3.63, 3.8) is 0 Å². The zero-order valence-corrected chi connectivity index (χ0v) is 17.4. The number of likely N-dealkylation sites (N-methyl/N-ethyl adjacent to an activating group) is 1. The Morgan fingerprint density at radius 3 is 2.45 bits per heavy atom. The molecule has 6 heteroatoms. The Kier molecular flexibility index (Phi) is 6.77. The highest BCUT2D eigenvalue weighted by molar-refractivity contribution is 5.94. The smallest absolute Gasteiger partial charge is 0.253 e. The summed E-state index contributed by atoms with van der Waals surface area (Å²) in [6.45, 7) is 3.91. The van der Waals surface area contributed by atoms with Gasteiger partial charge in [-0.25, -0.2) is 0 Å². The number of para-hydroxylation sites is 1. The van der Waals surface area contributed by atoms with Crippen LogP contribution in [-0.2, 0) is 0 Å². The van der Waals surface area contributed by atoms with E-state index in [2.05, 4.69) is 4.90 Å². The lowest BCUT2D eigenvalue weighted by Crippen LogP contribution is -2.58. The molecule has 0 radical (unpaired) electrons. The largest absolute Gasteiger partial charge is 0.492 e. The third-order valence-corrected chi connectivity index (χ3v) is 5.08. The van der Waals surface area contributed by atoms with E-state index in [1.54, 1.807) is 24.0 Å². The number of likely N-dealkylation sites (tertiary alicyclic amines) is 1. The van der Waals surface area contributed by atoms with Crippen LogP contribution in [0.15, 0.2) is 54.6 Å². The van der Waals surface area contributed by atoms with E-state index in [0.717, 1.165) is 18.0 Å². The van der Waals surface area contributed by atoms with E-state index < -0.39 is 5.60 Å². The predicted octanol–water partition coefficient (Wildman–Crippen LogP) is 2.67. The van der Waals surface area contributed by atoms with Gasteiger partial charge in [0, 0.05) is 25.1 Å². The zero-order chi connectivity index (χ0) is 20.9. The molecule has 1 N–H and O–H groups in total. The molecule has 2 aromatic carbocycles. The van der Waals surface area contributed by atoms with Crippen molar-refractivity contribution >= 4 is 5.91 Å². The van der Waals surface area contributed by atoms with E-state index in [4.69, 9.17) is 9.47 Å². The average Bonchev–Trinajstić information content (AvgIpc) is 2.70. The number of ether oxygens (including phenoxy) is 2. The number of rotatable bonds is 7. The number of carbonyl (C=O) groups excluding carboxylic acids is 1. The van der Waals surface area contributed by atoms with Gasteiger partial charge in [-0.3, -0.25) is 4.79 Å². The molecular weight excluding hydrogens is 368 g/mol. The van der Waals surface area contributed by atoms with Gasteiger partial charge in [-0.05, 0) is 57.4 Å². The second-order valence-corrected chi connectivity index (χ2v) is 7.97. The SMILES string of the molecule is CN(C)CCOc1ccc(C(=O)N2CC[C@H](Oc3ccccc3)[C@@](C)(O)C2)cc1. The van der Waals surface area contributed by atoms with E-state index in [9.17, 15) is 9.90 Å².